The van der Waals surface area contributed by atoms with Crippen LogP contribution in [-0.4, -0.2) is 32.2 Å². The molecule has 0 aliphatic rings. The molecule has 2 N–H and O–H groups in total. The third-order valence-electron chi connectivity index (χ3n) is 2.89. The number of hydrogen-bond donors (Lipinski definition) is 2. The van der Waals surface area contributed by atoms with E-state index in [-0.39, 0.29) is 18.1 Å². The van der Waals surface area contributed by atoms with Gasteiger partial charge >= 0.3 is 0 Å². The molecular weight excluding hydrogens is 306 g/mol. The first-order valence-electron chi connectivity index (χ1n) is 6.99. The summed E-state index contributed by atoms with van der Waals surface area (Å²) in [4.78, 5) is 20.4. The lowest BCUT2D eigenvalue weighted by Gasteiger charge is -2.15. The zero-order valence-corrected chi connectivity index (χ0v) is 13.4. The molecule has 2 aromatic heterocycles. The zero-order chi connectivity index (χ0) is 16.1. The van der Waals surface area contributed by atoms with E-state index in [0.29, 0.717) is 28.7 Å². The van der Waals surface area contributed by atoms with Gasteiger partial charge < -0.3 is 10.1 Å². The average Bonchev–Trinajstić information content (AvgIpc) is 3.00. The van der Waals surface area contributed by atoms with E-state index in [0.717, 1.165) is 0 Å². The number of carbonyl (C=O) groups is 1. The Labute approximate surface area is 133 Å². The summed E-state index contributed by atoms with van der Waals surface area (Å²) in [6.07, 6.45) is 3.48. The summed E-state index contributed by atoms with van der Waals surface area (Å²) in [5, 5.41) is 9.70. The van der Waals surface area contributed by atoms with Gasteiger partial charge in [-0.1, -0.05) is 18.5 Å². The van der Waals surface area contributed by atoms with Gasteiger partial charge in [-0.25, -0.2) is 9.97 Å². The lowest BCUT2D eigenvalue weighted by atomic mass is 10.2. The maximum atomic E-state index is 12.3. The number of aromatic nitrogens is 4. The number of carbonyl (C=O) groups excluding carboxylic acids is 1. The first-order valence-corrected chi connectivity index (χ1v) is 7.37. The molecule has 0 fully saturated rings. The number of halogens is 1. The monoisotopic (exact) mass is 323 g/mol. The van der Waals surface area contributed by atoms with Gasteiger partial charge in [0.1, 0.15) is 17.2 Å². The van der Waals surface area contributed by atoms with Gasteiger partial charge in [-0.3, -0.25) is 9.89 Å². The standard InChI is InChI=1S/C14H18ClN5O2/c1-4-11(12-17-7-18-20-12)19-13(21)9-5-10(15)14(16-6-9)22-8(2)3/h5-8,11H,4H2,1-3H3,(H,19,21)(H,17,18,20)/t11-/m1/s1. The second kappa shape index (κ2) is 7.22. The molecule has 8 heteroatoms. The number of hydrogen-bond acceptors (Lipinski definition) is 5. The summed E-state index contributed by atoms with van der Waals surface area (Å²) in [5.74, 6) is 0.638. The van der Waals surface area contributed by atoms with Crippen LogP contribution in [0.25, 0.3) is 0 Å². The highest BCUT2D eigenvalue weighted by Gasteiger charge is 2.18. The van der Waals surface area contributed by atoms with Crippen LogP contribution in [0.2, 0.25) is 5.02 Å². The Morgan fingerprint density at radius 3 is 2.77 bits per heavy atom. The fourth-order valence-corrected chi connectivity index (χ4v) is 2.06. The van der Waals surface area contributed by atoms with Crippen LogP contribution >= 0.6 is 11.6 Å². The Balaban J connectivity index is 2.11. The third kappa shape index (κ3) is 3.94. The summed E-state index contributed by atoms with van der Waals surface area (Å²) < 4.78 is 5.44. The van der Waals surface area contributed by atoms with Gasteiger partial charge in [0.2, 0.25) is 5.88 Å². The molecule has 0 spiro atoms. The molecule has 0 unspecified atom stereocenters. The third-order valence-corrected chi connectivity index (χ3v) is 3.17. The molecule has 2 aromatic rings. The Hall–Kier alpha value is -2.15. The Kier molecular flexibility index (Phi) is 5.32. The highest BCUT2D eigenvalue weighted by atomic mass is 35.5. The zero-order valence-electron chi connectivity index (χ0n) is 12.6. The van der Waals surface area contributed by atoms with Crippen molar-refractivity contribution in [1.29, 1.82) is 0 Å². The van der Waals surface area contributed by atoms with Crippen molar-refractivity contribution in [3.8, 4) is 5.88 Å². The smallest absolute Gasteiger partial charge is 0.253 e. The van der Waals surface area contributed by atoms with Crippen LogP contribution < -0.4 is 10.1 Å². The quantitative estimate of drug-likeness (QED) is 0.852. The second-order valence-corrected chi connectivity index (χ2v) is 5.39. The molecule has 0 aliphatic carbocycles. The van der Waals surface area contributed by atoms with Crippen LogP contribution in [0.15, 0.2) is 18.6 Å². The van der Waals surface area contributed by atoms with Gasteiger partial charge in [-0.05, 0) is 26.3 Å². The first kappa shape index (κ1) is 16.2. The normalized spacial score (nSPS) is 12.2. The molecule has 2 heterocycles. The highest BCUT2D eigenvalue weighted by molar-refractivity contribution is 6.32. The maximum absolute atomic E-state index is 12.3. The highest BCUT2D eigenvalue weighted by Crippen LogP contribution is 2.23. The van der Waals surface area contributed by atoms with Crippen molar-refractivity contribution >= 4 is 17.5 Å². The van der Waals surface area contributed by atoms with Crippen LogP contribution in [0.1, 0.15) is 49.4 Å². The van der Waals surface area contributed by atoms with Crippen LogP contribution in [0.3, 0.4) is 0 Å². The average molecular weight is 324 g/mol. The Morgan fingerprint density at radius 2 is 2.23 bits per heavy atom. The van der Waals surface area contributed by atoms with Crippen molar-refractivity contribution in [3.05, 3.63) is 35.0 Å². The fourth-order valence-electron chi connectivity index (χ4n) is 1.85. The molecule has 1 atom stereocenters. The minimum atomic E-state index is -0.284. The van der Waals surface area contributed by atoms with Crippen molar-refractivity contribution < 1.29 is 9.53 Å². The number of nitrogens with one attached hydrogen (secondary N) is 2. The predicted octanol–water partition coefficient (Wildman–Crippen LogP) is 2.52. The molecule has 0 saturated carbocycles. The topological polar surface area (TPSA) is 92.8 Å². The van der Waals surface area contributed by atoms with Crippen molar-refractivity contribution in [3.63, 3.8) is 0 Å². The molecule has 7 nitrogen and oxygen atoms in total. The molecule has 0 radical (unpaired) electrons. The van der Waals surface area contributed by atoms with Gasteiger partial charge in [0.15, 0.2) is 0 Å². The molecule has 0 aliphatic heterocycles. The van der Waals surface area contributed by atoms with Gasteiger partial charge in [-0.2, -0.15) is 5.10 Å². The Morgan fingerprint density at radius 1 is 1.45 bits per heavy atom. The van der Waals surface area contributed by atoms with E-state index < -0.39 is 0 Å². The molecule has 118 valence electrons. The van der Waals surface area contributed by atoms with Crippen LogP contribution in [0, 0.1) is 0 Å². The fraction of sp³-hybridized carbons (Fsp3) is 0.429. The molecule has 0 saturated heterocycles. The van der Waals surface area contributed by atoms with E-state index in [1.165, 1.54) is 18.6 Å². The number of ether oxygens (including phenoxy) is 1. The Bertz CT molecular complexity index is 630. The number of H-pyrrole nitrogens is 1. The summed E-state index contributed by atoms with van der Waals surface area (Å²) >= 11 is 6.09. The largest absolute Gasteiger partial charge is 0.474 e. The van der Waals surface area contributed by atoms with Gasteiger partial charge in [0.25, 0.3) is 5.91 Å². The van der Waals surface area contributed by atoms with Gasteiger partial charge in [0, 0.05) is 6.20 Å². The van der Waals surface area contributed by atoms with Gasteiger partial charge in [-0.15, -0.1) is 0 Å². The summed E-state index contributed by atoms with van der Waals surface area (Å²) in [5.41, 5.74) is 0.360. The van der Waals surface area contributed by atoms with E-state index in [1.54, 1.807) is 0 Å². The number of rotatable bonds is 6. The molecule has 2 rings (SSSR count). The van der Waals surface area contributed by atoms with Crippen LogP contribution in [0.4, 0.5) is 0 Å². The number of aromatic amines is 1. The minimum Gasteiger partial charge on any atom is -0.474 e. The molecule has 0 aromatic carbocycles. The maximum Gasteiger partial charge on any atom is 0.253 e. The van der Waals surface area contributed by atoms with E-state index in [9.17, 15) is 4.79 Å². The van der Waals surface area contributed by atoms with Crippen molar-refractivity contribution in [2.75, 3.05) is 0 Å². The van der Waals surface area contributed by atoms with Crippen molar-refractivity contribution in [2.45, 2.75) is 39.3 Å². The SMILES string of the molecule is CC[C@@H](NC(=O)c1cnc(OC(C)C)c(Cl)c1)c1ncn[nH]1. The number of pyridine rings is 1. The van der Waals surface area contributed by atoms with E-state index in [2.05, 4.69) is 25.5 Å². The van der Waals surface area contributed by atoms with Crippen LogP contribution in [0.5, 0.6) is 5.88 Å². The second-order valence-electron chi connectivity index (χ2n) is 4.98. The molecule has 22 heavy (non-hydrogen) atoms. The summed E-state index contributed by atoms with van der Waals surface area (Å²) in [6.45, 7) is 5.70. The van der Waals surface area contributed by atoms with Gasteiger partial charge in [0.05, 0.1) is 17.7 Å². The van der Waals surface area contributed by atoms with Crippen molar-refractivity contribution in [1.82, 2.24) is 25.5 Å². The van der Waals surface area contributed by atoms with E-state index >= 15 is 0 Å². The summed E-state index contributed by atoms with van der Waals surface area (Å²) in [6, 6.07) is 1.29. The predicted molar refractivity (Wildman–Crippen MR) is 81.9 cm³/mol. The lowest BCUT2D eigenvalue weighted by Crippen LogP contribution is -2.29. The molecular formula is C14H18ClN5O2. The minimum absolute atomic E-state index is 0.0411. The molecule has 0 bridgehead atoms. The number of nitrogens with zero attached hydrogens (tertiary/aromatic N) is 3. The summed E-state index contributed by atoms with van der Waals surface area (Å²) in [7, 11) is 0. The lowest BCUT2D eigenvalue weighted by molar-refractivity contribution is 0.0933. The van der Waals surface area contributed by atoms with E-state index in [1.807, 2.05) is 20.8 Å². The van der Waals surface area contributed by atoms with E-state index in [4.69, 9.17) is 16.3 Å². The first-order chi connectivity index (χ1) is 10.5. The number of amides is 1. The molecule has 1 amide bonds. The van der Waals surface area contributed by atoms with Crippen molar-refractivity contribution in [2.24, 2.45) is 0 Å². The van der Waals surface area contributed by atoms with Crippen LogP contribution in [-0.2, 0) is 0 Å².